The number of nitrogens with zero attached hydrogens (tertiary/aromatic N) is 2. The normalized spacial score (nSPS) is 22.9. The summed E-state index contributed by atoms with van der Waals surface area (Å²) in [6.45, 7) is 4.33. The van der Waals surface area contributed by atoms with E-state index in [1.807, 2.05) is 18.2 Å². The van der Waals surface area contributed by atoms with Gasteiger partial charge in [0.1, 0.15) is 29.3 Å². The van der Waals surface area contributed by atoms with Gasteiger partial charge in [0.05, 0.1) is 21.3 Å². The molecule has 2 fully saturated rings. The average molecular weight is 481 g/mol. The molecule has 1 aliphatic carbocycles. The third kappa shape index (κ3) is 4.87. The van der Waals surface area contributed by atoms with Gasteiger partial charge in [-0.15, -0.1) is 0 Å². The molecule has 180 valence electrons. The maximum absolute atomic E-state index is 13.5. The van der Waals surface area contributed by atoms with Crippen LogP contribution in [0.2, 0.25) is 19.1 Å². The number of carbonyl (C=O) groups excluding carboxylic acids is 3. The molecule has 1 saturated heterocycles. The van der Waals surface area contributed by atoms with Crippen molar-refractivity contribution in [3.63, 3.8) is 0 Å². The number of carbonyl (C=O) groups is 3. The molecule has 0 radical (unpaired) electrons. The zero-order chi connectivity index (χ0) is 24.5. The first-order valence-corrected chi connectivity index (χ1v) is 15.3. The minimum absolute atomic E-state index is 0.174. The summed E-state index contributed by atoms with van der Waals surface area (Å²) in [4.78, 5) is 43.8. The first-order valence-electron chi connectivity index (χ1n) is 11.9. The molecular weight excluding hydrogens is 448 g/mol. The topological polar surface area (TPSA) is 115 Å². The molecule has 9 heteroatoms. The van der Waals surface area contributed by atoms with E-state index in [2.05, 4.69) is 29.5 Å². The van der Waals surface area contributed by atoms with Gasteiger partial charge in [0, 0.05) is 29.4 Å². The van der Waals surface area contributed by atoms with Crippen LogP contribution >= 0.6 is 0 Å². The number of hydrogen-bond donors (Lipinski definition) is 2. The van der Waals surface area contributed by atoms with E-state index in [4.69, 9.17) is 4.74 Å². The monoisotopic (exact) mass is 480 g/mol. The van der Waals surface area contributed by atoms with Crippen LogP contribution in [0.5, 0.6) is 5.75 Å². The highest BCUT2D eigenvalue weighted by atomic mass is 28.3. The van der Waals surface area contributed by atoms with Crippen LogP contribution in [-0.4, -0.2) is 60.9 Å². The van der Waals surface area contributed by atoms with Gasteiger partial charge in [0.15, 0.2) is 0 Å². The maximum atomic E-state index is 13.5. The summed E-state index contributed by atoms with van der Waals surface area (Å²) < 4.78 is 5.41. The Labute approximate surface area is 200 Å². The third-order valence-electron chi connectivity index (χ3n) is 7.03. The second kappa shape index (κ2) is 9.62. The molecule has 2 aliphatic rings. The van der Waals surface area contributed by atoms with Crippen LogP contribution < -0.4 is 10.1 Å². The zero-order valence-corrected chi connectivity index (χ0v) is 21.0. The molecule has 1 aromatic carbocycles. The van der Waals surface area contributed by atoms with E-state index in [1.165, 1.54) is 0 Å². The predicted molar refractivity (Wildman–Crippen MR) is 131 cm³/mol. The van der Waals surface area contributed by atoms with Crippen LogP contribution in [-0.2, 0) is 9.59 Å². The molecule has 1 aliphatic heterocycles. The number of rotatable bonds is 6. The van der Waals surface area contributed by atoms with Crippen LogP contribution in [0, 0.1) is 17.2 Å². The average Bonchev–Trinajstić information content (AvgIpc) is 3.40. The summed E-state index contributed by atoms with van der Waals surface area (Å²) in [5.41, 5.74) is 1.20. The molecule has 0 bridgehead atoms. The number of nitrogens with one attached hydrogen (secondary N) is 2. The van der Waals surface area contributed by atoms with E-state index in [0.717, 1.165) is 30.2 Å². The Hall–Kier alpha value is -3.12. The van der Waals surface area contributed by atoms with Crippen molar-refractivity contribution in [2.24, 2.45) is 5.92 Å². The molecule has 3 atom stereocenters. The number of nitriles is 1. The number of ether oxygens (including phenoxy) is 1. The molecule has 8 nitrogen and oxygen atoms in total. The number of H-pyrrole nitrogens is 1. The summed E-state index contributed by atoms with van der Waals surface area (Å²) in [5.74, 6) is 0.142. The van der Waals surface area contributed by atoms with Gasteiger partial charge < -0.3 is 19.9 Å². The van der Waals surface area contributed by atoms with Crippen molar-refractivity contribution in [1.82, 2.24) is 15.2 Å². The van der Waals surface area contributed by atoms with Crippen molar-refractivity contribution >= 4 is 36.6 Å². The molecule has 1 saturated carbocycles. The van der Waals surface area contributed by atoms with Crippen LogP contribution in [0.4, 0.5) is 0 Å². The van der Waals surface area contributed by atoms with Crippen molar-refractivity contribution in [1.29, 1.82) is 5.26 Å². The summed E-state index contributed by atoms with van der Waals surface area (Å²) in [6, 6.07) is 8.77. The molecule has 4 rings (SSSR count). The number of amides is 2. The first-order chi connectivity index (χ1) is 16.2. The second-order valence-electron chi connectivity index (χ2n) is 10.3. The van der Waals surface area contributed by atoms with E-state index in [1.54, 1.807) is 18.1 Å². The van der Waals surface area contributed by atoms with Crippen LogP contribution in [0.25, 0.3) is 10.9 Å². The van der Waals surface area contributed by atoms with E-state index < -0.39 is 20.2 Å². The fraction of sp³-hybridized carbons (Fsp3) is 0.520. The van der Waals surface area contributed by atoms with Crippen LogP contribution in [0.1, 0.15) is 42.6 Å². The molecule has 2 N–H and O–H groups in total. The van der Waals surface area contributed by atoms with Gasteiger partial charge in [0.2, 0.25) is 5.91 Å². The number of benzene rings is 1. The number of fused-ring (bicyclic) bond motifs is 1. The van der Waals surface area contributed by atoms with Crippen LogP contribution in [0.15, 0.2) is 24.3 Å². The number of aromatic amines is 1. The second-order valence-corrected chi connectivity index (χ2v) is 15.3. The number of aromatic nitrogens is 1. The molecule has 34 heavy (non-hydrogen) atoms. The Kier molecular flexibility index (Phi) is 6.80. The Morgan fingerprint density at radius 3 is 2.85 bits per heavy atom. The molecule has 1 aromatic heterocycles. The SMILES string of the molecule is COc1cccc2[nH]c(C(=O)N3C[Si](C)(C)CC3C(=O)NC(C#N)CC3CCCCC3=O)cc12. The fourth-order valence-corrected chi connectivity index (χ4v) is 8.16. The summed E-state index contributed by atoms with van der Waals surface area (Å²) >= 11 is 0. The first kappa shape index (κ1) is 24.0. The van der Waals surface area contributed by atoms with E-state index in [0.29, 0.717) is 36.5 Å². The molecular formula is C25H32N4O4Si. The van der Waals surface area contributed by atoms with Crippen LogP contribution in [0.3, 0.4) is 0 Å². The van der Waals surface area contributed by atoms with E-state index in [9.17, 15) is 19.6 Å². The fourth-order valence-electron chi connectivity index (χ4n) is 5.29. The van der Waals surface area contributed by atoms with E-state index >= 15 is 0 Å². The molecule has 2 heterocycles. The lowest BCUT2D eigenvalue weighted by atomic mass is 9.84. The highest BCUT2D eigenvalue weighted by Crippen LogP contribution is 2.31. The Morgan fingerprint density at radius 1 is 1.35 bits per heavy atom. The third-order valence-corrected chi connectivity index (χ3v) is 9.72. The zero-order valence-electron chi connectivity index (χ0n) is 20.0. The Morgan fingerprint density at radius 2 is 2.15 bits per heavy atom. The lowest BCUT2D eigenvalue weighted by Gasteiger charge is -2.26. The number of Topliss-reactive ketones (excluding diaryl/α,β-unsaturated/α-hetero) is 1. The van der Waals surface area contributed by atoms with Gasteiger partial charge >= 0.3 is 0 Å². The Balaban J connectivity index is 1.52. The maximum Gasteiger partial charge on any atom is 0.270 e. The number of hydrogen-bond acceptors (Lipinski definition) is 5. The Bertz CT molecular complexity index is 1150. The van der Waals surface area contributed by atoms with Gasteiger partial charge in [-0.3, -0.25) is 14.4 Å². The van der Waals surface area contributed by atoms with Gasteiger partial charge in [-0.05, 0) is 43.5 Å². The van der Waals surface area contributed by atoms with Gasteiger partial charge in [-0.2, -0.15) is 5.26 Å². The number of methoxy groups -OCH3 is 1. The van der Waals surface area contributed by atoms with Gasteiger partial charge in [-0.25, -0.2) is 0 Å². The van der Waals surface area contributed by atoms with Crippen molar-refractivity contribution in [3.05, 3.63) is 30.0 Å². The molecule has 0 spiro atoms. The van der Waals surface area contributed by atoms with Gasteiger partial charge in [0.25, 0.3) is 5.91 Å². The van der Waals surface area contributed by atoms with E-state index in [-0.39, 0.29) is 23.5 Å². The standard InChI is InChI=1S/C25H32N4O4Si/c1-33-23-10-6-8-19-18(23)12-20(28-19)25(32)29-15-34(2,3)14-21(29)24(31)27-17(13-26)11-16-7-4-5-9-22(16)30/h6,8,10,12,16-17,21,28H,4-5,7,9,11,14-15H2,1-3H3,(H,27,31). The molecule has 2 amide bonds. The summed E-state index contributed by atoms with van der Waals surface area (Å²) in [5, 5.41) is 13.3. The molecule has 2 aromatic rings. The summed E-state index contributed by atoms with van der Waals surface area (Å²) in [6.07, 6.45) is 4.10. The largest absolute Gasteiger partial charge is 0.496 e. The van der Waals surface area contributed by atoms with Gasteiger partial charge in [-0.1, -0.05) is 25.6 Å². The highest BCUT2D eigenvalue weighted by Gasteiger charge is 2.45. The quantitative estimate of drug-likeness (QED) is 0.615. The van der Waals surface area contributed by atoms with Crippen molar-refractivity contribution in [2.45, 2.75) is 63.3 Å². The predicted octanol–water partition coefficient (Wildman–Crippen LogP) is 3.41. The minimum Gasteiger partial charge on any atom is -0.496 e. The van der Waals surface area contributed by atoms with Crippen molar-refractivity contribution in [3.8, 4) is 11.8 Å². The van der Waals surface area contributed by atoms with Crippen molar-refractivity contribution < 1.29 is 19.1 Å². The highest BCUT2D eigenvalue weighted by molar-refractivity contribution is 6.79. The molecule has 3 unspecified atom stereocenters. The number of ketones is 1. The minimum atomic E-state index is -1.83. The summed E-state index contributed by atoms with van der Waals surface area (Å²) in [7, 11) is -0.240. The van der Waals surface area contributed by atoms with Crippen molar-refractivity contribution in [2.75, 3.05) is 13.3 Å². The lowest BCUT2D eigenvalue weighted by molar-refractivity contribution is -0.127. The smallest absolute Gasteiger partial charge is 0.270 e. The lowest BCUT2D eigenvalue weighted by Crippen LogP contribution is -2.49.